The van der Waals surface area contributed by atoms with Crippen molar-refractivity contribution in [3.63, 3.8) is 0 Å². The summed E-state index contributed by atoms with van der Waals surface area (Å²) in [4.78, 5) is 12.0. The molecule has 2 aromatic rings. The van der Waals surface area contributed by atoms with Crippen molar-refractivity contribution in [3.8, 4) is 23.3 Å². The SMILES string of the molecule is N#Cc1c(-c2ccc(Cl)c(Cl)c2)c(C#N)c(=O)n(N)c1N. The largest absolute Gasteiger partial charge is 0.382 e. The molecule has 6 nitrogen and oxygen atoms in total. The fraction of sp³-hybridized carbons (Fsp3) is 0. The van der Waals surface area contributed by atoms with Gasteiger partial charge in [-0.3, -0.25) is 4.79 Å². The van der Waals surface area contributed by atoms with Gasteiger partial charge < -0.3 is 11.6 Å². The first kappa shape index (κ1) is 14.7. The monoisotopic (exact) mass is 319 g/mol. The predicted molar refractivity (Wildman–Crippen MR) is 80.2 cm³/mol. The Kier molecular flexibility index (Phi) is 3.77. The van der Waals surface area contributed by atoms with Crippen LogP contribution in [-0.2, 0) is 0 Å². The third kappa shape index (κ3) is 2.27. The van der Waals surface area contributed by atoms with Crippen molar-refractivity contribution in [1.82, 2.24) is 4.68 Å². The standard InChI is InChI=1S/C13H7Cl2N5O/c14-9-2-1-6(3-10(9)15)11-7(4-16)12(18)20(19)13(21)8(11)5-17/h1-3H,18-19H2. The molecule has 0 amide bonds. The topological polar surface area (TPSA) is 122 Å². The molecule has 0 aliphatic rings. The Balaban J connectivity index is 2.98. The minimum atomic E-state index is -0.796. The molecule has 1 aromatic carbocycles. The smallest absolute Gasteiger partial charge is 0.289 e. The number of rotatable bonds is 1. The molecule has 8 heteroatoms. The molecule has 0 saturated carbocycles. The Labute approximate surface area is 129 Å². The number of hydrogen-bond acceptors (Lipinski definition) is 5. The van der Waals surface area contributed by atoms with Gasteiger partial charge in [0.15, 0.2) is 0 Å². The van der Waals surface area contributed by atoms with Crippen molar-refractivity contribution in [2.75, 3.05) is 11.6 Å². The fourth-order valence-corrected chi connectivity index (χ4v) is 2.17. The zero-order chi connectivity index (χ0) is 15.7. The second-order valence-corrected chi connectivity index (χ2v) is 4.85. The summed E-state index contributed by atoms with van der Waals surface area (Å²) in [5, 5.41) is 19.0. The number of nitriles is 2. The summed E-state index contributed by atoms with van der Waals surface area (Å²) >= 11 is 11.8. The molecule has 104 valence electrons. The van der Waals surface area contributed by atoms with Crippen molar-refractivity contribution in [1.29, 1.82) is 10.5 Å². The molecular weight excluding hydrogens is 313 g/mol. The van der Waals surface area contributed by atoms with Crippen molar-refractivity contribution < 1.29 is 0 Å². The average Bonchev–Trinajstić information content (AvgIpc) is 2.47. The van der Waals surface area contributed by atoms with Gasteiger partial charge in [0, 0.05) is 5.56 Å². The molecule has 1 heterocycles. The van der Waals surface area contributed by atoms with Crippen LogP contribution in [0.15, 0.2) is 23.0 Å². The van der Waals surface area contributed by atoms with Gasteiger partial charge in [0.1, 0.15) is 29.1 Å². The van der Waals surface area contributed by atoms with E-state index in [4.69, 9.17) is 34.8 Å². The molecule has 0 unspecified atom stereocenters. The van der Waals surface area contributed by atoms with Gasteiger partial charge in [0.25, 0.3) is 5.56 Å². The van der Waals surface area contributed by atoms with Crippen LogP contribution < -0.4 is 17.1 Å². The van der Waals surface area contributed by atoms with E-state index in [-0.39, 0.29) is 27.5 Å². The van der Waals surface area contributed by atoms with Crippen LogP contribution in [0.2, 0.25) is 10.0 Å². The first-order valence-corrected chi connectivity index (χ1v) is 6.27. The van der Waals surface area contributed by atoms with Crippen molar-refractivity contribution >= 4 is 29.0 Å². The van der Waals surface area contributed by atoms with E-state index in [1.807, 2.05) is 6.07 Å². The molecule has 1 aromatic heterocycles. The molecule has 0 aliphatic heterocycles. The second-order valence-electron chi connectivity index (χ2n) is 4.04. The van der Waals surface area contributed by atoms with Crippen LogP contribution in [0, 0.1) is 22.7 Å². The highest BCUT2D eigenvalue weighted by atomic mass is 35.5. The lowest BCUT2D eigenvalue weighted by atomic mass is 9.96. The van der Waals surface area contributed by atoms with Crippen LogP contribution in [-0.4, -0.2) is 4.68 Å². The highest BCUT2D eigenvalue weighted by molar-refractivity contribution is 6.42. The molecule has 0 spiro atoms. The fourth-order valence-electron chi connectivity index (χ4n) is 1.87. The highest BCUT2D eigenvalue weighted by Gasteiger charge is 2.21. The summed E-state index contributed by atoms with van der Waals surface area (Å²) in [6, 6.07) is 8.06. The number of hydrogen-bond donors (Lipinski definition) is 2. The Morgan fingerprint density at radius 1 is 1.10 bits per heavy atom. The number of nitrogen functional groups attached to an aromatic ring is 2. The van der Waals surface area contributed by atoms with E-state index in [1.165, 1.54) is 18.2 Å². The summed E-state index contributed by atoms with van der Waals surface area (Å²) in [6.07, 6.45) is 0. The van der Waals surface area contributed by atoms with Crippen LogP contribution >= 0.6 is 23.2 Å². The number of anilines is 1. The van der Waals surface area contributed by atoms with Crippen LogP contribution in [0.5, 0.6) is 0 Å². The molecule has 0 radical (unpaired) electrons. The maximum Gasteiger partial charge on any atom is 0.289 e. The van der Waals surface area contributed by atoms with Crippen LogP contribution in [0.3, 0.4) is 0 Å². The number of nitrogens with zero attached hydrogens (tertiary/aromatic N) is 3. The molecular formula is C13H7Cl2N5O. The molecule has 0 fully saturated rings. The lowest BCUT2D eigenvalue weighted by molar-refractivity contribution is 0.942. The van der Waals surface area contributed by atoms with E-state index >= 15 is 0 Å². The maximum atomic E-state index is 12.0. The molecule has 21 heavy (non-hydrogen) atoms. The van der Waals surface area contributed by atoms with Gasteiger partial charge in [-0.1, -0.05) is 29.3 Å². The summed E-state index contributed by atoms with van der Waals surface area (Å²) in [7, 11) is 0. The summed E-state index contributed by atoms with van der Waals surface area (Å²) in [5.41, 5.74) is 4.97. The lowest BCUT2D eigenvalue weighted by Gasteiger charge is -2.12. The molecule has 0 saturated heterocycles. The second kappa shape index (κ2) is 5.37. The van der Waals surface area contributed by atoms with Crippen LogP contribution in [0.4, 0.5) is 5.82 Å². The molecule has 2 rings (SSSR count). The maximum absolute atomic E-state index is 12.0. The van der Waals surface area contributed by atoms with Crippen LogP contribution in [0.25, 0.3) is 11.1 Å². The van der Waals surface area contributed by atoms with Gasteiger partial charge in [-0.2, -0.15) is 10.5 Å². The normalized spacial score (nSPS) is 9.90. The first-order chi connectivity index (χ1) is 9.92. The van der Waals surface area contributed by atoms with E-state index in [2.05, 4.69) is 0 Å². The molecule has 0 aliphatic carbocycles. The summed E-state index contributed by atoms with van der Waals surface area (Å²) in [5.74, 6) is 5.23. The zero-order valence-corrected chi connectivity index (χ0v) is 11.9. The van der Waals surface area contributed by atoms with Crippen molar-refractivity contribution in [2.24, 2.45) is 0 Å². The zero-order valence-electron chi connectivity index (χ0n) is 10.4. The van der Waals surface area contributed by atoms with Gasteiger partial charge in [-0.05, 0) is 17.7 Å². The van der Waals surface area contributed by atoms with Gasteiger partial charge in [0.2, 0.25) is 0 Å². The van der Waals surface area contributed by atoms with Crippen LogP contribution in [0.1, 0.15) is 11.1 Å². The van der Waals surface area contributed by atoms with Crippen molar-refractivity contribution in [3.05, 3.63) is 49.7 Å². The lowest BCUT2D eigenvalue weighted by Crippen LogP contribution is -2.33. The Bertz CT molecular complexity index is 889. The summed E-state index contributed by atoms with van der Waals surface area (Å²) in [6.45, 7) is 0. The highest BCUT2D eigenvalue weighted by Crippen LogP contribution is 2.32. The molecule has 4 N–H and O–H groups in total. The number of pyridine rings is 1. The van der Waals surface area contributed by atoms with E-state index in [1.54, 1.807) is 6.07 Å². The Hall–Kier alpha value is -2.67. The number of nitrogens with two attached hydrogens (primary N) is 2. The van der Waals surface area contributed by atoms with Gasteiger partial charge in [-0.25, -0.2) is 4.68 Å². The van der Waals surface area contributed by atoms with Gasteiger partial charge in [0.05, 0.1) is 10.0 Å². The molecule has 0 atom stereocenters. The van der Waals surface area contributed by atoms with Gasteiger partial charge in [-0.15, -0.1) is 0 Å². The Morgan fingerprint density at radius 3 is 2.24 bits per heavy atom. The average molecular weight is 320 g/mol. The van der Waals surface area contributed by atoms with E-state index < -0.39 is 5.56 Å². The minimum absolute atomic E-state index is 0.0768. The number of aromatic nitrogens is 1. The minimum Gasteiger partial charge on any atom is -0.382 e. The molecule has 0 bridgehead atoms. The van der Waals surface area contributed by atoms with E-state index in [0.717, 1.165) is 0 Å². The quantitative estimate of drug-likeness (QED) is 0.777. The third-order valence-electron chi connectivity index (χ3n) is 2.88. The summed E-state index contributed by atoms with van der Waals surface area (Å²) < 4.78 is 0.568. The predicted octanol–water partition coefficient (Wildman–Crippen LogP) is 1.86. The number of halogens is 2. The first-order valence-electron chi connectivity index (χ1n) is 5.51. The van der Waals surface area contributed by atoms with E-state index in [9.17, 15) is 15.3 Å². The van der Waals surface area contributed by atoms with Crippen molar-refractivity contribution in [2.45, 2.75) is 0 Å². The van der Waals surface area contributed by atoms with E-state index in [0.29, 0.717) is 15.3 Å². The Morgan fingerprint density at radius 2 is 1.71 bits per heavy atom. The number of benzene rings is 1. The van der Waals surface area contributed by atoms with Gasteiger partial charge >= 0.3 is 0 Å². The third-order valence-corrected chi connectivity index (χ3v) is 3.62.